The highest BCUT2D eigenvalue weighted by Crippen LogP contribution is 2.26. The second-order valence-electron chi connectivity index (χ2n) is 6.70. The van der Waals surface area contributed by atoms with Gasteiger partial charge < -0.3 is 16.0 Å². The zero-order valence-electron chi connectivity index (χ0n) is 13.5. The van der Waals surface area contributed by atoms with E-state index in [0.29, 0.717) is 5.96 Å². The molecule has 0 aromatic rings. The number of likely N-dealkylation sites (tertiary alicyclic amines) is 1. The first-order chi connectivity index (χ1) is 9.74. The molecule has 4 nitrogen and oxygen atoms in total. The van der Waals surface area contributed by atoms with Gasteiger partial charge in [-0.1, -0.05) is 13.3 Å². The number of hydrogen-bond donors (Lipinski definition) is 2. The molecule has 0 amide bonds. The van der Waals surface area contributed by atoms with Crippen LogP contribution in [0.4, 0.5) is 0 Å². The van der Waals surface area contributed by atoms with Gasteiger partial charge in [-0.05, 0) is 63.5 Å². The maximum absolute atomic E-state index is 5.87. The van der Waals surface area contributed by atoms with E-state index in [-0.39, 0.29) is 24.0 Å². The highest BCUT2D eigenvalue weighted by atomic mass is 127. The summed E-state index contributed by atoms with van der Waals surface area (Å²) in [7, 11) is 0. The van der Waals surface area contributed by atoms with Crippen LogP contribution >= 0.6 is 24.0 Å². The van der Waals surface area contributed by atoms with E-state index in [1.807, 2.05) is 0 Å². The minimum absolute atomic E-state index is 0. The quantitative estimate of drug-likeness (QED) is 0.295. The molecule has 2 fully saturated rings. The first-order valence-corrected chi connectivity index (χ1v) is 8.50. The molecule has 1 saturated heterocycles. The van der Waals surface area contributed by atoms with Gasteiger partial charge in [0.25, 0.3) is 0 Å². The molecule has 1 unspecified atom stereocenters. The Bertz CT molecular complexity index is 305. The van der Waals surface area contributed by atoms with Crippen LogP contribution in [-0.4, -0.2) is 43.6 Å². The maximum Gasteiger partial charge on any atom is 0.188 e. The average molecular weight is 408 g/mol. The Labute approximate surface area is 147 Å². The van der Waals surface area contributed by atoms with Crippen LogP contribution in [0.3, 0.4) is 0 Å². The molecule has 3 N–H and O–H groups in total. The van der Waals surface area contributed by atoms with Gasteiger partial charge in [0.1, 0.15) is 0 Å². The van der Waals surface area contributed by atoms with Crippen LogP contribution in [0.15, 0.2) is 4.99 Å². The van der Waals surface area contributed by atoms with Crippen LogP contribution in [0.2, 0.25) is 0 Å². The SMILES string of the molecule is CC1CCCN(CCCCNC(N)=NCC2CCC2)C1.I. The smallest absolute Gasteiger partial charge is 0.188 e. The molecule has 0 spiro atoms. The standard InChI is InChI=1S/C16H32N4.HI/c1-14-6-5-11-20(13-14)10-3-2-9-18-16(17)19-12-15-7-4-8-15;/h14-15H,2-13H2,1H3,(H3,17,18,19);1H. The lowest BCUT2D eigenvalue weighted by molar-refractivity contribution is 0.181. The Morgan fingerprint density at radius 1 is 1.24 bits per heavy atom. The van der Waals surface area contributed by atoms with Crippen LogP contribution in [0.25, 0.3) is 0 Å². The van der Waals surface area contributed by atoms with E-state index >= 15 is 0 Å². The number of hydrogen-bond acceptors (Lipinski definition) is 2. The van der Waals surface area contributed by atoms with Crippen molar-refractivity contribution in [3.63, 3.8) is 0 Å². The van der Waals surface area contributed by atoms with Crippen molar-refractivity contribution in [3.05, 3.63) is 0 Å². The Morgan fingerprint density at radius 3 is 2.71 bits per heavy atom. The summed E-state index contributed by atoms with van der Waals surface area (Å²) in [6.07, 6.45) is 9.28. The van der Waals surface area contributed by atoms with Crippen molar-refractivity contribution in [2.24, 2.45) is 22.6 Å². The summed E-state index contributed by atoms with van der Waals surface area (Å²) in [5, 5.41) is 3.24. The molecule has 0 aromatic carbocycles. The van der Waals surface area contributed by atoms with Gasteiger partial charge in [0.05, 0.1) is 0 Å². The second-order valence-corrected chi connectivity index (χ2v) is 6.70. The number of rotatable bonds is 7. The van der Waals surface area contributed by atoms with Crippen molar-refractivity contribution < 1.29 is 0 Å². The normalized spacial score (nSPS) is 24.2. The Balaban J connectivity index is 0.00000220. The van der Waals surface area contributed by atoms with Crippen LogP contribution in [-0.2, 0) is 0 Å². The van der Waals surface area contributed by atoms with E-state index in [0.717, 1.165) is 24.9 Å². The molecule has 124 valence electrons. The van der Waals surface area contributed by atoms with Gasteiger partial charge in [0, 0.05) is 19.6 Å². The summed E-state index contributed by atoms with van der Waals surface area (Å²) < 4.78 is 0. The third-order valence-corrected chi connectivity index (χ3v) is 4.69. The fourth-order valence-electron chi connectivity index (χ4n) is 3.13. The van der Waals surface area contributed by atoms with Crippen molar-refractivity contribution in [3.8, 4) is 0 Å². The number of nitrogens with one attached hydrogen (secondary N) is 1. The maximum atomic E-state index is 5.87. The summed E-state index contributed by atoms with van der Waals surface area (Å²) >= 11 is 0. The monoisotopic (exact) mass is 408 g/mol. The van der Waals surface area contributed by atoms with Gasteiger partial charge in [0.15, 0.2) is 5.96 Å². The van der Waals surface area contributed by atoms with Crippen molar-refractivity contribution in [2.75, 3.05) is 32.7 Å². The molecule has 1 saturated carbocycles. The zero-order chi connectivity index (χ0) is 14.2. The van der Waals surface area contributed by atoms with Crippen molar-refractivity contribution in [1.29, 1.82) is 0 Å². The van der Waals surface area contributed by atoms with Gasteiger partial charge in [-0.15, -0.1) is 24.0 Å². The molecule has 1 atom stereocenters. The van der Waals surface area contributed by atoms with Gasteiger partial charge in [0.2, 0.25) is 0 Å². The molecule has 1 aliphatic carbocycles. The summed E-state index contributed by atoms with van der Waals surface area (Å²) in [5.41, 5.74) is 5.87. The third-order valence-electron chi connectivity index (χ3n) is 4.69. The van der Waals surface area contributed by atoms with E-state index in [9.17, 15) is 0 Å². The number of guanidine groups is 1. The minimum atomic E-state index is 0. The highest BCUT2D eigenvalue weighted by Gasteiger charge is 2.16. The number of halogens is 1. The number of piperidine rings is 1. The van der Waals surface area contributed by atoms with E-state index in [1.54, 1.807) is 0 Å². The average Bonchev–Trinajstić information content (AvgIpc) is 2.36. The third kappa shape index (κ3) is 7.68. The van der Waals surface area contributed by atoms with E-state index in [1.165, 1.54) is 64.6 Å². The van der Waals surface area contributed by atoms with Gasteiger partial charge in [-0.25, -0.2) is 0 Å². The molecule has 1 aliphatic heterocycles. The molecular weight excluding hydrogens is 375 g/mol. The van der Waals surface area contributed by atoms with E-state index in [4.69, 9.17) is 5.73 Å². The van der Waals surface area contributed by atoms with Crippen molar-refractivity contribution in [2.45, 2.75) is 51.9 Å². The van der Waals surface area contributed by atoms with E-state index < -0.39 is 0 Å². The number of aliphatic imine (C=N–C) groups is 1. The Kier molecular flexibility index (Phi) is 9.64. The lowest BCUT2D eigenvalue weighted by atomic mass is 9.86. The summed E-state index contributed by atoms with van der Waals surface area (Å²) in [4.78, 5) is 7.03. The van der Waals surface area contributed by atoms with Gasteiger partial charge >= 0.3 is 0 Å². The summed E-state index contributed by atoms with van der Waals surface area (Å²) in [6, 6.07) is 0. The molecule has 0 radical (unpaired) electrons. The van der Waals surface area contributed by atoms with Crippen molar-refractivity contribution >= 4 is 29.9 Å². The molecule has 1 heterocycles. The fraction of sp³-hybridized carbons (Fsp3) is 0.938. The lowest BCUT2D eigenvalue weighted by Gasteiger charge is -2.30. The number of nitrogens with two attached hydrogens (primary N) is 1. The van der Waals surface area contributed by atoms with Crippen molar-refractivity contribution in [1.82, 2.24) is 10.2 Å². The highest BCUT2D eigenvalue weighted by molar-refractivity contribution is 14.0. The van der Waals surface area contributed by atoms with Crippen LogP contribution in [0.5, 0.6) is 0 Å². The molecule has 0 bridgehead atoms. The van der Waals surface area contributed by atoms with Gasteiger partial charge in [-0.3, -0.25) is 4.99 Å². The van der Waals surface area contributed by atoms with Crippen LogP contribution < -0.4 is 11.1 Å². The first kappa shape index (κ1) is 19.0. The van der Waals surface area contributed by atoms with Crippen LogP contribution in [0, 0.1) is 11.8 Å². The predicted octanol–water partition coefficient (Wildman–Crippen LogP) is 2.82. The van der Waals surface area contributed by atoms with Gasteiger partial charge in [-0.2, -0.15) is 0 Å². The summed E-state index contributed by atoms with van der Waals surface area (Å²) in [6.45, 7) is 8.08. The Morgan fingerprint density at radius 2 is 2.05 bits per heavy atom. The van der Waals surface area contributed by atoms with Crippen LogP contribution in [0.1, 0.15) is 51.9 Å². The van der Waals surface area contributed by atoms with E-state index in [2.05, 4.69) is 22.1 Å². The topological polar surface area (TPSA) is 53.6 Å². The minimum Gasteiger partial charge on any atom is -0.370 e. The first-order valence-electron chi connectivity index (χ1n) is 8.50. The summed E-state index contributed by atoms with van der Waals surface area (Å²) in [5.74, 6) is 2.33. The molecule has 5 heteroatoms. The number of unbranched alkanes of at least 4 members (excludes halogenated alkanes) is 1. The number of nitrogens with zero attached hydrogens (tertiary/aromatic N) is 2. The molecule has 2 aliphatic rings. The zero-order valence-corrected chi connectivity index (χ0v) is 15.9. The molecule has 21 heavy (non-hydrogen) atoms. The second kappa shape index (κ2) is 10.6. The largest absolute Gasteiger partial charge is 0.370 e. The Hall–Kier alpha value is -0.0400. The molecular formula is C16H33IN4. The fourth-order valence-corrected chi connectivity index (χ4v) is 3.13. The molecule has 0 aromatic heterocycles. The molecule has 2 rings (SSSR count). The lowest BCUT2D eigenvalue weighted by Crippen LogP contribution is -2.36. The predicted molar refractivity (Wildman–Crippen MR) is 101 cm³/mol.